The second kappa shape index (κ2) is 5.21. The van der Waals surface area contributed by atoms with E-state index in [0.717, 1.165) is 37.1 Å². The molecule has 0 saturated heterocycles. The third-order valence-corrected chi connectivity index (χ3v) is 3.38. The van der Waals surface area contributed by atoms with Gasteiger partial charge < -0.3 is 10.0 Å². The van der Waals surface area contributed by atoms with Crippen LogP contribution in [-0.2, 0) is 11.2 Å². The van der Waals surface area contributed by atoms with E-state index < -0.39 is 5.97 Å². The van der Waals surface area contributed by atoms with Crippen LogP contribution in [0.15, 0.2) is 24.3 Å². The topological polar surface area (TPSA) is 40.5 Å². The molecule has 1 aromatic rings. The minimum atomic E-state index is -0.710. The quantitative estimate of drug-likeness (QED) is 0.795. The number of rotatable bonds is 5. The number of anilines is 1. The van der Waals surface area contributed by atoms with Gasteiger partial charge >= 0.3 is 5.97 Å². The highest BCUT2D eigenvalue weighted by molar-refractivity contribution is 5.82. The van der Waals surface area contributed by atoms with E-state index in [9.17, 15) is 9.90 Å². The van der Waals surface area contributed by atoms with Gasteiger partial charge in [-0.3, -0.25) is 0 Å². The van der Waals surface area contributed by atoms with Gasteiger partial charge in [-0.2, -0.15) is 0 Å². The molecule has 1 N–H and O–H groups in total. The minimum absolute atomic E-state index is 0.371. The number of nitrogens with zero attached hydrogens (tertiary/aromatic N) is 1. The maximum atomic E-state index is 11.3. The highest BCUT2D eigenvalue weighted by atomic mass is 16.4. The average Bonchev–Trinajstić information content (AvgIpc) is 2.69. The molecule has 0 radical (unpaired) electrons. The Bertz CT molecular complexity index is 403. The van der Waals surface area contributed by atoms with Crippen molar-refractivity contribution in [2.45, 2.75) is 38.6 Å². The summed E-state index contributed by atoms with van der Waals surface area (Å²) in [5.41, 5.74) is 2.27. The molecule has 3 heteroatoms. The number of carboxylic acid groups (broad SMARTS) is 1. The molecule has 1 unspecified atom stereocenters. The maximum absolute atomic E-state index is 11.3. The number of fused-ring (bicyclic) bond motifs is 1. The summed E-state index contributed by atoms with van der Waals surface area (Å²) in [7, 11) is 0. The Morgan fingerprint density at radius 1 is 1.41 bits per heavy atom. The van der Waals surface area contributed by atoms with E-state index >= 15 is 0 Å². The molecule has 0 aromatic heterocycles. The van der Waals surface area contributed by atoms with Gasteiger partial charge in [0.2, 0.25) is 0 Å². The van der Waals surface area contributed by atoms with E-state index in [-0.39, 0.29) is 6.04 Å². The maximum Gasteiger partial charge on any atom is 0.326 e. The SMILES string of the molecule is CCCCCN1c2ccccc2CC1C(=O)O. The fourth-order valence-corrected chi connectivity index (χ4v) is 2.48. The summed E-state index contributed by atoms with van der Waals surface area (Å²) >= 11 is 0. The molecule has 3 nitrogen and oxygen atoms in total. The fourth-order valence-electron chi connectivity index (χ4n) is 2.48. The van der Waals surface area contributed by atoms with Crippen LogP contribution in [0, 0.1) is 0 Å². The van der Waals surface area contributed by atoms with Gasteiger partial charge in [0, 0.05) is 18.7 Å². The predicted octanol–water partition coefficient (Wildman–Crippen LogP) is 2.69. The molecular weight excluding hydrogens is 214 g/mol. The Balaban J connectivity index is 2.15. The Morgan fingerprint density at radius 2 is 2.18 bits per heavy atom. The van der Waals surface area contributed by atoms with Crippen LogP contribution in [0.3, 0.4) is 0 Å². The monoisotopic (exact) mass is 233 g/mol. The van der Waals surface area contributed by atoms with Crippen LogP contribution in [0.1, 0.15) is 31.7 Å². The number of para-hydroxylation sites is 1. The van der Waals surface area contributed by atoms with Crippen LogP contribution >= 0.6 is 0 Å². The predicted molar refractivity (Wildman–Crippen MR) is 68.4 cm³/mol. The van der Waals surface area contributed by atoms with Crippen LogP contribution in [0.25, 0.3) is 0 Å². The van der Waals surface area contributed by atoms with E-state index in [0.29, 0.717) is 6.42 Å². The molecular formula is C14H19NO2. The minimum Gasteiger partial charge on any atom is -0.480 e. The number of carboxylic acids is 1. The third kappa shape index (κ3) is 2.43. The van der Waals surface area contributed by atoms with Gasteiger partial charge in [0.1, 0.15) is 6.04 Å². The summed E-state index contributed by atoms with van der Waals surface area (Å²) in [6.45, 7) is 3.01. The number of aliphatic carboxylic acids is 1. The summed E-state index contributed by atoms with van der Waals surface area (Å²) in [5, 5.41) is 9.27. The average molecular weight is 233 g/mol. The molecule has 17 heavy (non-hydrogen) atoms. The summed E-state index contributed by atoms with van der Waals surface area (Å²) < 4.78 is 0. The first-order valence-corrected chi connectivity index (χ1v) is 6.31. The zero-order valence-electron chi connectivity index (χ0n) is 10.2. The molecule has 0 amide bonds. The van der Waals surface area contributed by atoms with Crippen molar-refractivity contribution in [3.63, 3.8) is 0 Å². The highest BCUT2D eigenvalue weighted by Crippen LogP contribution is 2.32. The zero-order valence-corrected chi connectivity index (χ0v) is 10.2. The standard InChI is InChI=1S/C14H19NO2/c1-2-3-6-9-15-12-8-5-4-7-11(12)10-13(15)14(16)17/h4-5,7-8,13H,2-3,6,9-10H2,1H3,(H,16,17). The van der Waals surface area contributed by atoms with Crippen LogP contribution in [0.5, 0.6) is 0 Å². The van der Waals surface area contributed by atoms with Crippen molar-refractivity contribution in [1.29, 1.82) is 0 Å². The van der Waals surface area contributed by atoms with E-state index in [2.05, 4.69) is 6.92 Å². The molecule has 1 atom stereocenters. The molecule has 0 fully saturated rings. The van der Waals surface area contributed by atoms with Crippen LogP contribution in [0.4, 0.5) is 5.69 Å². The Hall–Kier alpha value is -1.51. The second-order valence-electron chi connectivity index (χ2n) is 4.59. The first-order valence-electron chi connectivity index (χ1n) is 6.31. The van der Waals surface area contributed by atoms with E-state index in [1.54, 1.807) is 0 Å². The number of hydrogen-bond donors (Lipinski definition) is 1. The molecule has 0 spiro atoms. The third-order valence-electron chi connectivity index (χ3n) is 3.38. The largest absolute Gasteiger partial charge is 0.480 e. The lowest BCUT2D eigenvalue weighted by molar-refractivity contribution is -0.138. The van der Waals surface area contributed by atoms with Gasteiger partial charge in [0.25, 0.3) is 0 Å². The second-order valence-corrected chi connectivity index (χ2v) is 4.59. The van der Waals surface area contributed by atoms with Crippen LogP contribution < -0.4 is 4.90 Å². The molecule has 2 rings (SSSR count). The van der Waals surface area contributed by atoms with Crippen molar-refractivity contribution >= 4 is 11.7 Å². The lowest BCUT2D eigenvalue weighted by Gasteiger charge is -2.24. The number of benzene rings is 1. The zero-order chi connectivity index (χ0) is 12.3. The summed E-state index contributed by atoms with van der Waals surface area (Å²) in [5.74, 6) is -0.710. The first-order chi connectivity index (χ1) is 8.24. The van der Waals surface area contributed by atoms with Gasteiger partial charge in [-0.05, 0) is 18.1 Å². The molecule has 1 aromatic carbocycles. The summed E-state index contributed by atoms with van der Waals surface area (Å²) in [4.78, 5) is 13.3. The van der Waals surface area contributed by atoms with Crippen LogP contribution in [0.2, 0.25) is 0 Å². The van der Waals surface area contributed by atoms with Crippen molar-refractivity contribution < 1.29 is 9.90 Å². The summed E-state index contributed by atoms with van der Waals surface area (Å²) in [6, 6.07) is 7.66. The Kier molecular flexibility index (Phi) is 3.67. The number of carbonyl (C=O) groups is 1. The Labute approximate surface area is 102 Å². The lowest BCUT2D eigenvalue weighted by Crippen LogP contribution is -2.39. The van der Waals surface area contributed by atoms with Crippen molar-refractivity contribution in [2.24, 2.45) is 0 Å². The van der Waals surface area contributed by atoms with Gasteiger partial charge in [0.05, 0.1) is 0 Å². The molecule has 92 valence electrons. The van der Waals surface area contributed by atoms with Gasteiger partial charge in [0.15, 0.2) is 0 Å². The lowest BCUT2D eigenvalue weighted by atomic mass is 10.1. The summed E-state index contributed by atoms with van der Waals surface area (Å²) in [6.07, 6.45) is 4.02. The molecule has 0 aliphatic carbocycles. The van der Waals surface area contributed by atoms with Gasteiger partial charge in [-0.15, -0.1) is 0 Å². The van der Waals surface area contributed by atoms with Crippen molar-refractivity contribution in [3.05, 3.63) is 29.8 Å². The van der Waals surface area contributed by atoms with Crippen molar-refractivity contribution in [3.8, 4) is 0 Å². The van der Waals surface area contributed by atoms with E-state index in [1.165, 1.54) is 0 Å². The molecule has 0 saturated carbocycles. The fraction of sp³-hybridized carbons (Fsp3) is 0.500. The smallest absolute Gasteiger partial charge is 0.326 e. The first kappa shape index (κ1) is 12.0. The molecule has 1 heterocycles. The molecule has 0 bridgehead atoms. The highest BCUT2D eigenvalue weighted by Gasteiger charge is 2.33. The number of unbranched alkanes of at least 4 members (excludes halogenated alkanes) is 2. The molecule has 1 aliphatic rings. The van der Waals surface area contributed by atoms with Crippen LogP contribution in [-0.4, -0.2) is 23.7 Å². The Morgan fingerprint density at radius 3 is 2.88 bits per heavy atom. The van der Waals surface area contributed by atoms with E-state index in [4.69, 9.17) is 0 Å². The van der Waals surface area contributed by atoms with Gasteiger partial charge in [-0.1, -0.05) is 38.0 Å². The van der Waals surface area contributed by atoms with Gasteiger partial charge in [-0.25, -0.2) is 4.79 Å². The number of hydrogen-bond acceptors (Lipinski definition) is 2. The normalized spacial score (nSPS) is 18.2. The molecule has 1 aliphatic heterocycles. The van der Waals surface area contributed by atoms with Crippen molar-refractivity contribution in [1.82, 2.24) is 0 Å². The van der Waals surface area contributed by atoms with Crippen molar-refractivity contribution in [2.75, 3.05) is 11.4 Å². The van der Waals surface area contributed by atoms with E-state index in [1.807, 2.05) is 29.2 Å².